The highest BCUT2D eigenvalue weighted by Gasteiger charge is 2.24. The van der Waals surface area contributed by atoms with E-state index in [-0.39, 0.29) is 22.7 Å². The number of benzene rings is 1. The third-order valence-electron chi connectivity index (χ3n) is 2.84. The van der Waals surface area contributed by atoms with Crippen molar-refractivity contribution in [1.82, 2.24) is 15.3 Å². The predicted molar refractivity (Wildman–Crippen MR) is 77.4 cm³/mol. The summed E-state index contributed by atoms with van der Waals surface area (Å²) in [6.45, 7) is 0. The SMILES string of the molecule is COc1cc(-c2cc(Cl)ccc2C(=O)NC(F)C(F)F)ncn1. The Hall–Kier alpha value is -2.35. The van der Waals surface area contributed by atoms with E-state index in [4.69, 9.17) is 16.3 Å². The summed E-state index contributed by atoms with van der Waals surface area (Å²) >= 11 is 5.90. The highest BCUT2D eigenvalue weighted by molar-refractivity contribution is 6.31. The van der Waals surface area contributed by atoms with E-state index in [1.807, 2.05) is 0 Å². The van der Waals surface area contributed by atoms with Gasteiger partial charge in [0.2, 0.25) is 12.2 Å². The Labute approximate surface area is 134 Å². The van der Waals surface area contributed by atoms with Crippen molar-refractivity contribution in [3.63, 3.8) is 0 Å². The molecular formula is C14H11ClF3N3O2. The number of ether oxygens (including phenoxy) is 1. The molecule has 2 rings (SSSR count). The first-order valence-electron chi connectivity index (χ1n) is 6.31. The predicted octanol–water partition coefficient (Wildman–Crippen LogP) is 3.10. The van der Waals surface area contributed by atoms with E-state index < -0.39 is 18.6 Å². The average Bonchev–Trinajstić information content (AvgIpc) is 2.54. The van der Waals surface area contributed by atoms with Gasteiger partial charge >= 0.3 is 0 Å². The molecule has 0 aliphatic heterocycles. The zero-order valence-corrected chi connectivity index (χ0v) is 12.5. The van der Waals surface area contributed by atoms with Gasteiger partial charge in [0.1, 0.15) is 6.33 Å². The molecule has 1 N–H and O–H groups in total. The van der Waals surface area contributed by atoms with Crippen LogP contribution in [0.3, 0.4) is 0 Å². The van der Waals surface area contributed by atoms with Crippen molar-refractivity contribution in [1.29, 1.82) is 0 Å². The minimum atomic E-state index is -3.33. The lowest BCUT2D eigenvalue weighted by Crippen LogP contribution is -2.36. The van der Waals surface area contributed by atoms with Crippen LogP contribution in [-0.2, 0) is 0 Å². The van der Waals surface area contributed by atoms with Crippen LogP contribution in [0.25, 0.3) is 11.3 Å². The van der Waals surface area contributed by atoms with Crippen molar-refractivity contribution >= 4 is 17.5 Å². The van der Waals surface area contributed by atoms with Crippen molar-refractivity contribution in [3.05, 3.63) is 41.2 Å². The summed E-state index contributed by atoms with van der Waals surface area (Å²) in [6, 6.07) is 5.52. The molecule has 0 aliphatic carbocycles. The summed E-state index contributed by atoms with van der Waals surface area (Å²) in [5.74, 6) is -0.778. The van der Waals surface area contributed by atoms with Crippen LogP contribution >= 0.6 is 11.6 Å². The van der Waals surface area contributed by atoms with Crippen molar-refractivity contribution in [2.75, 3.05) is 7.11 Å². The van der Waals surface area contributed by atoms with Gasteiger partial charge in [0.05, 0.1) is 12.8 Å². The second kappa shape index (κ2) is 7.28. The highest BCUT2D eigenvalue weighted by atomic mass is 35.5. The molecule has 1 amide bonds. The van der Waals surface area contributed by atoms with Crippen LogP contribution in [0.15, 0.2) is 30.6 Å². The topological polar surface area (TPSA) is 64.1 Å². The van der Waals surface area contributed by atoms with Crippen LogP contribution in [0.2, 0.25) is 5.02 Å². The van der Waals surface area contributed by atoms with E-state index >= 15 is 0 Å². The molecule has 23 heavy (non-hydrogen) atoms. The van der Waals surface area contributed by atoms with Crippen LogP contribution in [0.5, 0.6) is 5.88 Å². The molecule has 5 nitrogen and oxygen atoms in total. The molecule has 0 saturated carbocycles. The Morgan fingerprint density at radius 2 is 2.00 bits per heavy atom. The molecule has 0 bridgehead atoms. The molecule has 0 radical (unpaired) electrons. The number of nitrogens with zero attached hydrogens (tertiary/aromatic N) is 2. The number of alkyl halides is 3. The van der Waals surface area contributed by atoms with E-state index in [9.17, 15) is 18.0 Å². The second-order valence-corrected chi connectivity index (χ2v) is 4.78. The van der Waals surface area contributed by atoms with E-state index in [0.717, 1.165) is 0 Å². The van der Waals surface area contributed by atoms with Gasteiger partial charge in [-0.2, -0.15) is 0 Å². The van der Waals surface area contributed by atoms with Gasteiger partial charge in [-0.25, -0.2) is 23.1 Å². The number of carbonyl (C=O) groups excluding carboxylic acids is 1. The number of hydrogen-bond acceptors (Lipinski definition) is 4. The van der Waals surface area contributed by atoms with E-state index in [2.05, 4.69) is 9.97 Å². The molecule has 1 aromatic carbocycles. The third-order valence-corrected chi connectivity index (χ3v) is 3.08. The molecule has 1 aromatic heterocycles. The Morgan fingerprint density at radius 1 is 1.26 bits per heavy atom. The normalized spacial score (nSPS) is 12.1. The van der Waals surface area contributed by atoms with Crippen molar-refractivity contribution in [3.8, 4) is 17.1 Å². The molecule has 1 heterocycles. The van der Waals surface area contributed by atoms with Crippen LogP contribution < -0.4 is 10.1 Å². The summed E-state index contributed by atoms with van der Waals surface area (Å²) in [5.41, 5.74) is 0.451. The summed E-state index contributed by atoms with van der Waals surface area (Å²) in [6.07, 6.45) is -4.90. The van der Waals surface area contributed by atoms with Gasteiger partial charge in [0.15, 0.2) is 0 Å². The number of nitrogens with one attached hydrogen (secondary N) is 1. The number of halogens is 4. The molecule has 9 heteroatoms. The quantitative estimate of drug-likeness (QED) is 0.846. The first-order valence-corrected chi connectivity index (χ1v) is 6.69. The van der Waals surface area contributed by atoms with Gasteiger partial charge in [-0.05, 0) is 18.2 Å². The fourth-order valence-corrected chi connectivity index (χ4v) is 1.96. The van der Waals surface area contributed by atoms with Crippen LogP contribution in [0, 0.1) is 0 Å². The standard InChI is InChI=1S/C14H11ClF3N3O2/c1-23-11-5-10(19-6-20-11)9-4-7(15)2-3-8(9)14(22)21-13(18)12(16)17/h2-6,12-13H,1H3,(H,21,22). The van der Waals surface area contributed by atoms with E-state index in [0.29, 0.717) is 5.02 Å². The largest absolute Gasteiger partial charge is 0.481 e. The van der Waals surface area contributed by atoms with Gasteiger partial charge in [-0.3, -0.25) is 4.79 Å². The fourth-order valence-electron chi connectivity index (χ4n) is 1.79. The van der Waals surface area contributed by atoms with Crippen molar-refractivity contribution < 1.29 is 22.7 Å². The second-order valence-electron chi connectivity index (χ2n) is 4.35. The molecule has 2 aromatic rings. The highest BCUT2D eigenvalue weighted by Crippen LogP contribution is 2.27. The minimum Gasteiger partial charge on any atom is -0.481 e. The summed E-state index contributed by atoms with van der Waals surface area (Å²) in [7, 11) is 1.40. The smallest absolute Gasteiger partial charge is 0.287 e. The van der Waals surface area contributed by atoms with E-state index in [1.54, 1.807) is 5.32 Å². The zero-order valence-electron chi connectivity index (χ0n) is 11.8. The van der Waals surface area contributed by atoms with Crippen LogP contribution in [0.1, 0.15) is 10.4 Å². The van der Waals surface area contributed by atoms with Gasteiger partial charge in [-0.15, -0.1) is 0 Å². The Morgan fingerprint density at radius 3 is 2.65 bits per heavy atom. The molecule has 122 valence electrons. The lowest BCUT2D eigenvalue weighted by atomic mass is 10.0. The Kier molecular flexibility index (Phi) is 5.38. The average molecular weight is 346 g/mol. The van der Waals surface area contributed by atoms with Gasteiger partial charge in [-0.1, -0.05) is 11.6 Å². The van der Waals surface area contributed by atoms with Crippen molar-refractivity contribution in [2.24, 2.45) is 0 Å². The maximum Gasteiger partial charge on any atom is 0.287 e. The zero-order chi connectivity index (χ0) is 17.0. The number of amides is 1. The number of hydrogen-bond donors (Lipinski definition) is 1. The molecule has 0 aliphatic rings. The molecule has 0 spiro atoms. The monoisotopic (exact) mass is 345 g/mol. The molecule has 0 saturated heterocycles. The molecule has 1 unspecified atom stereocenters. The molecule has 0 fully saturated rings. The summed E-state index contributed by atoms with van der Waals surface area (Å²) in [5, 5.41) is 1.87. The lowest BCUT2D eigenvalue weighted by Gasteiger charge is -2.13. The van der Waals surface area contributed by atoms with Crippen LogP contribution in [-0.4, -0.2) is 35.7 Å². The summed E-state index contributed by atoms with van der Waals surface area (Å²) < 4.78 is 42.5. The Bertz CT molecular complexity index is 715. The van der Waals surface area contributed by atoms with Gasteiger partial charge in [0.25, 0.3) is 12.3 Å². The molecular weight excluding hydrogens is 335 g/mol. The van der Waals surface area contributed by atoms with Crippen molar-refractivity contribution in [2.45, 2.75) is 12.7 Å². The van der Waals surface area contributed by atoms with Crippen LogP contribution in [0.4, 0.5) is 13.2 Å². The maximum atomic E-state index is 13.0. The fraction of sp³-hybridized carbons (Fsp3) is 0.214. The number of rotatable bonds is 5. The third kappa shape index (κ3) is 4.10. The number of carbonyl (C=O) groups is 1. The first-order chi connectivity index (χ1) is 10.9. The first kappa shape index (κ1) is 17.0. The van der Waals surface area contributed by atoms with Gasteiger partial charge < -0.3 is 10.1 Å². The molecule has 1 atom stereocenters. The summed E-state index contributed by atoms with van der Waals surface area (Å²) in [4.78, 5) is 19.8. The maximum absolute atomic E-state index is 13.0. The Balaban J connectivity index is 2.43. The van der Waals surface area contributed by atoms with E-state index in [1.165, 1.54) is 37.7 Å². The number of methoxy groups -OCH3 is 1. The van der Waals surface area contributed by atoms with Gasteiger partial charge in [0, 0.05) is 22.2 Å². The lowest BCUT2D eigenvalue weighted by molar-refractivity contribution is 0.0287. The number of aromatic nitrogens is 2. The minimum absolute atomic E-state index is 0.0570.